The van der Waals surface area contributed by atoms with Gasteiger partial charge < -0.3 is 5.73 Å². The average molecular weight is 326 g/mol. The van der Waals surface area contributed by atoms with Gasteiger partial charge in [0.1, 0.15) is 0 Å². The summed E-state index contributed by atoms with van der Waals surface area (Å²) >= 11 is 5.21. The van der Waals surface area contributed by atoms with Crippen LogP contribution in [-0.2, 0) is 0 Å². The molecule has 1 atom stereocenters. The van der Waals surface area contributed by atoms with Crippen molar-refractivity contribution < 1.29 is 0 Å². The number of nitrogens with two attached hydrogens (primary N) is 1. The highest BCUT2D eigenvalue weighted by molar-refractivity contribution is 9.10. The van der Waals surface area contributed by atoms with Gasteiger partial charge in [-0.15, -0.1) is 17.7 Å². The normalized spacial score (nSPS) is 12.7. The van der Waals surface area contributed by atoms with Crippen molar-refractivity contribution in [3.63, 3.8) is 0 Å². The fourth-order valence-corrected chi connectivity index (χ4v) is 2.36. The second-order valence-electron chi connectivity index (χ2n) is 5.28. The summed E-state index contributed by atoms with van der Waals surface area (Å²) in [5.41, 5.74) is 6.12. The lowest BCUT2D eigenvalue weighted by Gasteiger charge is -2.09. The van der Waals surface area contributed by atoms with E-state index in [0.717, 1.165) is 16.6 Å². The summed E-state index contributed by atoms with van der Waals surface area (Å²) < 4.78 is 1.10. The molecule has 1 unspecified atom stereocenters. The number of halogens is 1. The van der Waals surface area contributed by atoms with Crippen LogP contribution in [0, 0.1) is 17.3 Å². The molecule has 1 nitrogen and oxygen atoms in total. The summed E-state index contributed by atoms with van der Waals surface area (Å²) in [5, 5.41) is 0. The van der Waals surface area contributed by atoms with E-state index < -0.39 is 0 Å². The molecule has 98 valence electrons. The molecule has 1 aromatic carbocycles. The van der Waals surface area contributed by atoms with Crippen LogP contribution in [0.2, 0.25) is 0 Å². The second kappa shape index (κ2) is 7.23. The molecule has 0 saturated carbocycles. The van der Waals surface area contributed by atoms with Crippen molar-refractivity contribution in [3.05, 3.63) is 28.7 Å². The number of benzene rings is 1. The van der Waals surface area contributed by atoms with Gasteiger partial charge in [-0.1, -0.05) is 21.9 Å². The quantitative estimate of drug-likeness (QED) is 0.659. The molecule has 0 aliphatic rings. The van der Waals surface area contributed by atoms with Crippen molar-refractivity contribution in [1.29, 1.82) is 0 Å². The zero-order valence-corrected chi connectivity index (χ0v) is 13.6. The molecule has 0 fully saturated rings. The Morgan fingerprint density at radius 1 is 1.28 bits per heavy atom. The van der Waals surface area contributed by atoms with Crippen LogP contribution in [0.5, 0.6) is 0 Å². The molecule has 0 aromatic heterocycles. The maximum atomic E-state index is 6.05. The highest BCUT2D eigenvalue weighted by Crippen LogP contribution is 2.21. The molecule has 0 aliphatic carbocycles. The van der Waals surface area contributed by atoms with Crippen LogP contribution in [0.1, 0.15) is 27.2 Å². The fraction of sp³-hybridized carbons (Fsp3) is 0.467. The monoisotopic (exact) mass is 325 g/mol. The largest absolute Gasteiger partial charge is 0.326 e. The predicted octanol–water partition coefficient (Wildman–Crippen LogP) is 4.31. The summed E-state index contributed by atoms with van der Waals surface area (Å²) in [6.45, 7) is 6.34. The smallest absolute Gasteiger partial charge is 0.0249 e. The van der Waals surface area contributed by atoms with Crippen molar-refractivity contribution in [2.45, 2.75) is 38.1 Å². The molecule has 18 heavy (non-hydrogen) atoms. The lowest BCUT2D eigenvalue weighted by molar-refractivity contribution is 0.569. The molecule has 0 amide bonds. The van der Waals surface area contributed by atoms with E-state index in [1.165, 1.54) is 4.90 Å². The molecule has 0 radical (unpaired) electrons. The van der Waals surface area contributed by atoms with E-state index in [9.17, 15) is 0 Å². The van der Waals surface area contributed by atoms with Gasteiger partial charge in [0, 0.05) is 33.0 Å². The minimum Gasteiger partial charge on any atom is -0.326 e. The van der Waals surface area contributed by atoms with Crippen LogP contribution in [0.25, 0.3) is 0 Å². The highest BCUT2D eigenvalue weighted by atomic mass is 79.9. The fourth-order valence-electron chi connectivity index (χ4n) is 1.24. The Kier molecular flexibility index (Phi) is 6.28. The van der Waals surface area contributed by atoms with Crippen LogP contribution in [0.15, 0.2) is 33.6 Å². The van der Waals surface area contributed by atoms with E-state index in [0.29, 0.717) is 0 Å². The van der Waals surface area contributed by atoms with Gasteiger partial charge in [0.15, 0.2) is 0 Å². The van der Waals surface area contributed by atoms with E-state index in [1.807, 2.05) is 12.1 Å². The van der Waals surface area contributed by atoms with Gasteiger partial charge in [0.25, 0.3) is 0 Å². The van der Waals surface area contributed by atoms with Crippen molar-refractivity contribution in [2.75, 3.05) is 5.75 Å². The first-order valence-electron chi connectivity index (χ1n) is 6.01. The van der Waals surface area contributed by atoms with Crippen molar-refractivity contribution >= 4 is 27.7 Å². The zero-order chi connectivity index (χ0) is 13.6. The minimum atomic E-state index is 0.0680. The Labute approximate surface area is 123 Å². The third-order valence-electron chi connectivity index (χ3n) is 2.11. The maximum Gasteiger partial charge on any atom is 0.0249 e. The number of thioether (sulfide) groups is 1. The van der Waals surface area contributed by atoms with Gasteiger partial charge in [-0.2, -0.15) is 0 Å². The molecule has 3 heteroatoms. The molecule has 0 heterocycles. The lowest BCUT2D eigenvalue weighted by Crippen LogP contribution is -2.22. The summed E-state index contributed by atoms with van der Waals surface area (Å²) in [4.78, 5) is 1.25. The topological polar surface area (TPSA) is 26.0 Å². The summed E-state index contributed by atoms with van der Waals surface area (Å²) in [7, 11) is 0. The second-order valence-corrected chi connectivity index (χ2v) is 7.29. The standard InChI is InChI=1S/C15H20BrNS/c1-15(2,3)10-4-5-13(17)11-18-14-8-6-12(16)7-9-14/h6-9,13H,5,11,17H2,1-3H3. The van der Waals surface area contributed by atoms with Crippen LogP contribution < -0.4 is 5.73 Å². The SMILES string of the molecule is CC(C)(C)C#CCC(N)CSc1ccc(Br)cc1. The third kappa shape index (κ3) is 7.10. The number of hydrogen-bond donors (Lipinski definition) is 1. The molecule has 0 spiro atoms. The first-order valence-corrected chi connectivity index (χ1v) is 7.79. The van der Waals surface area contributed by atoms with Gasteiger partial charge >= 0.3 is 0 Å². The van der Waals surface area contributed by atoms with E-state index in [4.69, 9.17) is 5.73 Å². The van der Waals surface area contributed by atoms with E-state index in [2.05, 4.69) is 60.7 Å². The van der Waals surface area contributed by atoms with E-state index in [1.54, 1.807) is 11.8 Å². The first kappa shape index (κ1) is 15.6. The van der Waals surface area contributed by atoms with Gasteiger partial charge in [-0.25, -0.2) is 0 Å². The maximum absolute atomic E-state index is 6.05. The van der Waals surface area contributed by atoms with Crippen molar-refractivity contribution in [1.82, 2.24) is 0 Å². The van der Waals surface area contributed by atoms with Crippen molar-refractivity contribution in [3.8, 4) is 11.8 Å². The van der Waals surface area contributed by atoms with Crippen LogP contribution in [0.4, 0.5) is 0 Å². The molecule has 2 N–H and O–H groups in total. The van der Waals surface area contributed by atoms with Crippen molar-refractivity contribution in [2.24, 2.45) is 11.1 Å². The summed E-state index contributed by atoms with van der Waals surface area (Å²) in [5.74, 6) is 7.29. The highest BCUT2D eigenvalue weighted by Gasteiger charge is 2.05. The Hall–Kier alpha value is -0.430. The molecule has 0 bridgehead atoms. The lowest BCUT2D eigenvalue weighted by atomic mass is 9.98. The Morgan fingerprint density at radius 2 is 1.89 bits per heavy atom. The Morgan fingerprint density at radius 3 is 2.44 bits per heavy atom. The summed E-state index contributed by atoms with van der Waals surface area (Å²) in [6, 6.07) is 8.43. The predicted molar refractivity (Wildman–Crippen MR) is 84.7 cm³/mol. The number of rotatable bonds is 4. The zero-order valence-electron chi connectivity index (χ0n) is 11.2. The Balaban J connectivity index is 2.34. The summed E-state index contributed by atoms with van der Waals surface area (Å²) in [6.07, 6.45) is 0.765. The molecule has 0 saturated heterocycles. The molecule has 0 aliphatic heterocycles. The molecular weight excluding hydrogens is 306 g/mol. The third-order valence-corrected chi connectivity index (χ3v) is 3.83. The molecule has 1 rings (SSSR count). The first-order chi connectivity index (χ1) is 8.37. The van der Waals surface area contributed by atoms with Crippen LogP contribution >= 0.6 is 27.7 Å². The van der Waals surface area contributed by atoms with Gasteiger partial charge in [-0.05, 0) is 45.0 Å². The van der Waals surface area contributed by atoms with E-state index >= 15 is 0 Å². The van der Waals surface area contributed by atoms with Crippen LogP contribution in [0.3, 0.4) is 0 Å². The Bertz CT molecular complexity index is 423. The van der Waals surface area contributed by atoms with Gasteiger partial charge in [0.05, 0.1) is 0 Å². The minimum absolute atomic E-state index is 0.0680. The molecule has 1 aromatic rings. The molecular formula is C15H20BrNS. The van der Waals surface area contributed by atoms with Gasteiger partial charge in [0.2, 0.25) is 0 Å². The van der Waals surface area contributed by atoms with E-state index in [-0.39, 0.29) is 11.5 Å². The number of hydrogen-bond acceptors (Lipinski definition) is 2. The average Bonchev–Trinajstić information content (AvgIpc) is 2.26. The van der Waals surface area contributed by atoms with Crippen LogP contribution in [-0.4, -0.2) is 11.8 Å². The van der Waals surface area contributed by atoms with Gasteiger partial charge in [-0.3, -0.25) is 0 Å².